The lowest BCUT2D eigenvalue weighted by atomic mass is 10.2. The first-order valence-electron chi connectivity index (χ1n) is 6.49. The Hall–Kier alpha value is -1.73. The molecule has 2 aromatic heterocycles. The minimum atomic E-state index is -0.0528. The Morgan fingerprint density at radius 3 is 2.95 bits per heavy atom. The van der Waals surface area contributed by atoms with Gasteiger partial charge in [0, 0.05) is 35.9 Å². The van der Waals surface area contributed by atoms with Gasteiger partial charge in [0.2, 0.25) is 5.91 Å². The summed E-state index contributed by atoms with van der Waals surface area (Å²) in [6, 6.07) is 0. The maximum Gasteiger partial charge on any atom is 0.240 e. The molecule has 2 heterocycles. The van der Waals surface area contributed by atoms with Crippen molar-refractivity contribution in [3.8, 4) is 0 Å². The van der Waals surface area contributed by atoms with Crippen molar-refractivity contribution < 1.29 is 4.79 Å². The van der Waals surface area contributed by atoms with Crippen LogP contribution in [-0.4, -0.2) is 39.2 Å². The first-order chi connectivity index (χ1) is 9.60. The van der Waals surface area contributed by atoms with Crippen molar-refractivity contribution in [1.82, 2.24) is 19.7 Å². The van der Waals surface area contributed by atoms with Crippen molar-refractivity contribution in [2.45, 2.75) is 26.9 Å². The van der Waals surface area contributed by atoms with Gasteiger partial charge in [0.05, 0.1) is 12.7 Å². The van der Waals surface area contributed by atoms with Crippen molar-refractivity contribution in [3.05, 3.63) is 29.0 Å². The molecule has 1 amide bonds. The molecule has 2 aromatic rings. The summed E-state index contributed by atoms with van der Waals surface area (Å²) in [5.74, 6) is -0.0528. The fourth-order valence-electron chi connectivity index (χ4n) is 2.00. The first-order valence-corrected chi connectivity index (χ1v) is 7.37. The topological polar surface area (TPSA) is 63.1 Å². The van der Waals surface area contributed by atoms with Gasteiger partial charge >= 0.3 is 0 Å². The largest absolute Gasteiger partial charge is 0.301 e. The molecular weight excluding hydrogens is 274 g/mol. The number of aromatic nitrogens is 3. The molecule has 108 valence electrons. The Labute approximate surface area is 122 Å². The van der Waals surface area contributed by atoms with Crippen molar-refractivity contribution in [2.24, 2.45) is 0 Å². The average molecular weight is 293 g/mol. The Bertz CT molecular complexity index is 563. The summed E-state index contributed by atoms with van der Waals surface area (Å²) in [4.78, 5) is 17.8. The SMILES string of the molecule is CCn1ncc(CN(C)CC(=O)Nc2nccs2)c1C. The van der Waals surface area contributed by atoms with Gasteiger partial charge < -0.3 is 5.32 Å². The molecule has 20 heavy (non-hydrogen) atoms. The van der Waals surface area contributed by atoms with Crippen LogP contribution in [0.5, 0.6) is 0 Å². The van der Waals surface area contributed by atoms with Crippen LogP contribution in [0.2, 0.25) is 0 Å². The molecule has 0 aliphatic carbocycles. The predicted octanol–water partition coefficient (Wildman–Crippen LogP) is 1.74. The van der Waals surface area contributed by atoms with Gasteiger partial charge in [-0.1, -0.05) is 0 Å². The highest BCUT2D eigenvalue weighted by molar-refractivity contribution is 7.13. The van der Waals surface area contributed by atoms with Gasteiger partial charge in [-0.15, -0.1) is 11.3 Å². The summed E-state index contributed by atoms with van der Waals surface area (Å²) in [5.41, 5.74) is 2.30. The molecule has 2 rings (SSSR count). The van der Waals surface area contributed by atoms with Crippen LogP contribution in [0.4, 0.5) is 5.13 Å². The second-order valence-electron chi connectivity index (χ2n) is 4.63. The molecule has 0 spiro atoms. The van der Waals surface area contributed by atoms with Gasteiger partial charge in [0.15, 0.2) is 5.13 Å². The number of thiazole rings is 1. The molecule has 0 aliphatic rings. The van der Waals surface area contributed by atoms with Crippen LogP contribution in [0.1, 0.15) is 18.2 Å². The average Bonchev–Trinajstić information content (AvgIpc) is 3.00. The number of carbonyl (C=O) groups excluding carboxylic acids is 1. The van der Waals surface area contributed by atoms with Gasteiger partial charge in [-0.3, -0.25) is 14.4 Å². The van der Waals surface area contributed by atoms with Gasteiger partial charge in [0.25, 0.3) is 0 Å². The number of hydrogen-bond donors (Lipinski definition) is 1. The first kappa shape index (κ1) is 14.7. The number of likely N-dealkylation sites (N-methyl/N-ethyl adjacent to an activating group) is 1. The third-order valence-electron chi connectivity index (χ3n) is 3.04. The van der Waals surface area contributed by atoms with Crippen molar-refractivity contribution in [1.29, 1.82) is 0 Å². The third kappa shape index (κ3) is 3.64. The van der Waals surface area contributed by atoms with Gasteiger partial charge in [-0.2, -0.15) is 5.10 Å². The molecule has 1 N–H and O–H groups in total. The fraction of sp³-hybridized carbons (Fsp3) is 0.462. The molecular formula is C13H19N5OS. The zero-order chi connectivity index (χ0) is 14.5. The van der Waals surface area contributed by atoms with Gasteiger partial charge in [-0.05, 0) is 20.9 Å². The highest BCUT2D eigenvalue weighted by atomic mass is 32.1. The van der Waals surface area contributed by atoms with Crippen LogP contribution >= 0.6 is 11.3 Å². The number of amides is 1. The lowest BCUT2D eigenvalue weighted by Gasteiger charge is -2.15. The van der Waals surface area contributed by atoms with Crippen LogP contribution in [0, 0.1) is 6.92 Å². The number of carbonyl (C=O) groups is 1. The maximum atomic E-state index is 11.9. The number of nitrogens with one attached hydrogen (secondary N) is 1. The van der Waals surface area contributed by atoms with Crippen LogP contribution in [-0.2, 0) is 17.9 Å². The van der Waals surface area contributed by atoms with E-state index in [1.165, 1.54) is 11.3 Å². The van der Waals surface area contributed by atoms with Crippen molar-refractivity contribution >= 4 is 22.4 Å². The summed E-state index contributed by atoms with van der Waals surface area (Å²) < 4.78 is 1.96. The van der Waals surface area contributed by atoms with E-state index in [4.69, 9.17) is 0 Å². The molecule has 0 fully saturated rings. The molecule has 0 atom stereocenters. The Morgan fingerprint density at radius 2 is 2.35 bits per heavy atom. The highest BCUT2D eigenvalue weighted by Gasteiger charge is 2.11. The smallest absolute Gasteiger partial charge is 0.240 e. The summed E-state index contributed by atoms with van der Waals surface area (Å²) in [6.07, 6.45) is 3.54. The second kappa shape index (κ2) is 6.62. The van der Waals surface area contributed by atoms with E-state index in [2.05, 4.69) is 29.2 Å². The zero-order valence-corrected chi connectivity index (χ0v) is 12.8. The Morgan fingerprint density at radius 1 is 1.55 bits per heavy atom. The van der Waals surface area contributed by atoms with E-state index < -0.39 is 0 Å². The lowest BCUT2D eigenvalue weighted by molar-refractivity contribution is -0.117. The van der Waals surface area contributed by atoms with E-state index in [1.54, 1.807) is 6.20 Å². The van der Waals surface area contributed by atoms with Crippen molar-refractivity contribution in [3.63, 3.8) is 0 Å². The molecule has 0 unspecified atom stereocenters. The standard InChI is InChI=1S/C13H19N5OS/c1-4-18-10(2)11(7-15-18)8-17(3)9-12(19)16-13-14-5-6-20-13/h5-7H,4,8-9H2,1-3H3,(H,14,16,19). The zero-order valence-electron chi connectivity index (χ0n) is 12.0. The van der Waals surface area contributed by atoms with E-state index in [0.29, 0.717) is 18.2 Å². The van der Waals surface area contributed by atoms with E-state index in [1.807, 2.05) is 28.2 Å². The summed E-state index contributed by atoms with van der Waals surface area (Å²) in [5, 5.41) is 9.56. The van der Waals surface area contributed by atoms with Crippen LogP contribution in [0.3, 0.4) is 0 Å². The van der Waals surface area contributed by atoms with Crippen LogP contribution in [0.15, 0.2) is 17.8 Å². The van der Waals surface area contributed by atoms with Crippen molar-refractivity contribution in [2.75, 3.05) is 18.9 Å². The molecule has 0 bridgehead atoms. The maximum absolute atomic E-state index is 11.9. The third-order valence-corrected chi connectivity index (χ3v) is 3.73. The predicted molar refractivity (Wildman–Crippen MR) is 79.7 cm³/mol. The Balaban J connectivity index is 1.87. The minimum absolute atomic E-state index is 0.0528. The fourth-order valence-corrected chi connectivity index (χ4v) is 2.54. The van der Waals surface area contributed by atoms with Gasteiger partial charge in [0.1, 0.15) is 0 Å². The van der Waals surface area contributed by atoms with E-state index in [-0.39, 0.29) is 5.91 Å². The molecule has 0 saturated heterocycles. The molecule has 0 aliphatic heterocycles. The van der Waals surface area contributed by atoms with Crippen LogP contribution < -0.4 is 5.32 Å². The number of nitrogens with zero attached hydrogens (tertiary/aromatic N) is 4. The molecule has 0 saturated carbocycles. The van der Waals surface area contributed by atoms with E-state index in [0.717, 1.165) is 17.8 Å². The summed E-state index contributed by atoms with van der Waals surface area (Å²) in [6.45, 7) is 6.01. The monoisotopic (exact) mass is 293 g/mol. The highest BCUT2D eigenvalue weighted by Crippen LogP contribution is 2.11. The lowest BCUT2D eigenvalue weighted by Crippen LogP contribution is -2.29. The number of rotatable bonds is 6. The Kier molecular flexibility index (Phi) is 4.86. The summed E-state index contributed by atoms with van der Waals surface area (Å²) >= 11 is 1.42. The van der Waals surface area contributed by atoms with Crippen LogP contribution in [0.25, 0.3) is 0 Å². The molecule has 0 aromatic carbocycles. The quantitative estimate of drug-likeness (QED) is 0.881. The van der Waals surface area contributed by atoms with E-state index >= 15 is 0 Å². The minimum Gasteiger partial charge on any atom is -0.301 e. The molecule has 6 nitrogen and oxygen atoms in total. The summed E-state index contributed by atoms with van der Waals surface area (Å²) in [7, 11) is 1.92. The molecule has 7 heteroatoms. The number of aryl methyl sites for hydroxylation is 1. The number of hydrogen-bond acceptors (Lipinski definition) is 5. The second-order valence-corrected chi connectivity index (χ2v) is 5.52. The normalized spacial score (nSPS) is 11.0. The number of anilines is 1. The van der Waals surface area contributed by atoms with Gasteiger partial charge in [-0.25, -0.2) is 4.98 Å². The van der Waals surface area contributed by atoms with E-state index in [9.17, 15) is 4.79 Å². The molecule has 0 radical (unpaired) electrons.